The van der Waals surface area contributed by atoms with Gasteiger partial charge in [-0.05, 0) is 63.6 Å². The minimum Gasteiger partial charge on any atom is -0.326 e. The fourth-order valence-corrected chi connectivity index (χ4v) is 2.75. The molecule has 22 heavy (non-hydrogen) atoms. The van der Waals surface area contributed by atoms with Gasteiger partial charge in [-0.25, -0.2) is 4.39 Å². The Morgan fingerprint density at radius 2 is 2.09 bits per heavy atom. The summed E-state index contributed by atoms with van der Waals surface area (Å²) < 4.78 is 13.0. The zero-order valence-electron chi connectivity index (χ0n) is 13.0. The number of hydrogen-bond donors (Lipinski definition) is 2. The highest BCUT2D eigenvalue weighted by atomic mass is 35.5. The first-order chi connectivity index (χ1) is 10.2. The first-order valence-electron chi connectivity index (χ1n) is 7.60. The number of hydrogen-bond acceptors (Lipinski definition) is 3. The number of nitrogens with one attached hydrogen (secondary N) is 2. The third-order valence-electron chi connectivity index (χ3n) is 3.96. The van der Waals surface area contributed by atoms with Crippen molar-refractivity contribution in [2.24, 2.45) is 5.92 Å². The van der Waals surface area contributed by atoms with Gasteiger partial charge in [0.1, 0.15) is 5.82 Å². The van der Waals surface area contributed by atoms with Gasteiger partial charge in [0.2, 0.25) is 5.91 Å². The molecule has 1 amide bonds. The van der Waals surface area contributed by atoms with Gasteiger partial charge < -0.3 is 15.5 Å². The molecule has 0 unspecified atom stereocenters. The van der Waals surface area contributed by atoms with Gasteiger partial charge >= 0.3 is 0 Å². The lowest BCUT2D eigenvalue weighted by Crippen LogP contribution is -2.38. The molecule has 6 heteroatoms. The number of anilines is 1. The number of amides is 1. The Hall–Kier alpha value is -1.17. The lowest BCUT2D eigenvalue weighted by Gasteiger charge is -2.31. The van der Waals surface area contributed by atoms with E-state index in [9.17, 15) is 9.18 Å². The maximum absolute atomic E-state index is 13.0. The van der Waals surface area contributed by atoms with Gasteiger partial charge in [0.15, 0.2) is 0 Å². The summed E-state index contributed by atoms with van der Waals surface area (Å²) in [6.45, 7) is 3.96. The summed E-state index contributed by atoms with van der Waals surface area (Å²) in [5, 5.41) is 5.96. The first-order valence-corrected chi connectivity index (χ1v) is 7.60. The van der Waals surface area contributed by atoms with E-state index in [1.807, 2.05) is 7.05 Å². The average Bonchev–Trinajstić information content (AvgIpc) is 2.47. The molecular weight excluding hydrogens is 305 g/mol. The second-order valence-corrected chi connectivity index (χ2v) is 5.65. The van der Waals surface area contributed by atoms with Crippen LogP contribution in [0.25, 0.3) is 0 Å². The maximum Gasteiger partial charge on any atom is 0.225 e. The molecule has 4 nitrogen and oxygen atoms in total. The van der Waals surface area contributed by atoms with Crippen molar-refractivity contribution < 1.29 is 9.18 Å². The number of rotatable bonds is 6. The predicted molar refractivity (Wildman–Crippen MR) is 90.0 cm³/mol. The Labute approximate surface area is 137 Å². The maximum atomic E-state index is 13.0. The van der Waals surface area contributed by atoms with Gasteiger partial charge in [-0.1, -0.05) is 6.07 Å². The smallest absolute Gasteiger partial charge is 0.225 e. The second-order valence-electron chi connectivity index (χ2n) is 5.65. The van der Waals surface area contributed by atoms with Crippen molar-refractivity contribution in [1.82, 2.24) is 10.2 Å². The van der Waals surface area contributed by atoms with E-state index in [-0.39, 0.29) is 24.1 Å². The fraction of sp³-hybridized carbons (Fsp3) is 0.562. The average molecular weight is 330 g/mol. The van der Waals surface area contributed by atoms with Crippen molar-refractivity contribution in [3.63, 3.8) is 0 Å². The van der Waals surface area contributed by atoms with E-state index < -0.39 is 0 Å². The summed E-state index contributed by atoms with van der Waals surface area (Å²) in [5.74, 6) is 0.365. The predicted octanol–water partition coefficient (Wildman–Crippen LogP) is 2.51. The Bertz CT molecular complexity index is 464. The molecule has 0 bridgehead atoms. The van der Waals surface area contributed by atoms with Crippen LogP contribution in [0.2, 0.25) is 0 Å². The molecule has 1 heterocycles. The van der Waals surface area contributed by atoms with Crippen LogP contribution >= 0.6 is 12.4 Å². The van der Waals surface area contributed by atoms with Crippen LogP contribution in [0, 0.1) is 11.7 Å². The highest BCUT2D eigenvalue weighted by Gasteiger charge is 2.18. The van der Waals surface area contributed by atoms with Crippen LogP contribution in [0.5, 0.6) is 0 Å². The van der Waals surface area contributed by atoms with Crippen LogP contribution in [0.4, 0.5) is 10.1 Å². The number of benzene rings is 1. The van der Waals surface area contributed by atoms with Gasteiger partial charge in [-0.2, -0.15) is 0 Å². The molecule has 2 rings (SSSR count). The van der Waals surface area contributed by atoms with Gasteiger partial charge in [-0.15, -0.1) is 12.4 Å². The van der Waals surface area contributed by atoms with Crippen molar-refractivity contribution in [2.45, 2.75) is 19.3 Å². The number of carbonyl (C=O) groups is 1. The van der Waals surface area contributed by atoms with Crippen molar-refractivity contribution in [2.75, 3.05) is 38.5 Å². The standard InChI is InChI=1S/C16H24FN3O.ClH/c1-18-12-13-5-8-20(9-6-13)10-7-16(21)19-15-4-2-3-14(17)11-15;/h2-4,11,13,18H,5-10,12H2,1H3,(H,19,21);1H. The number of nitrogens with zero attached hydrogens (tertiary/aromatic N) is 1. The van der Waals surface area contributed by atoms with Crippen LogP contribution in [-0.4, -0.2) is 44.0 Å². The molecule has 1 aromatic rings. The van der Waals surface area contributed by atoms with Gasteiger partial charge in [0, 0.05) is 18.7 Å². The van der Waals surface area contributed by atoms with Gasteiger partial charge in [-0.3, -0.25) is 4.79 Å². The number of likely N-dealkylation sites (tertiary alicyclic amines) is 1. The molecule has 124 valence electrons. The number of piperidine rings is 1. The third kappa shape index (κ3) is 6.30. The molecule has 1 fully saturated rings. The third-order valence-corrected chi connectivity index (χ3v) is 3.96. The molecule has 1 aliphatic rings. The fourth-order valence-electron chi connectivity index (χ4n) is 2.75. The lowest BCUT2D eigenvalue weighted by molar-refractivity contribution is -0.116. The van der Waals surface area contributed by atoms with Crippen molar-refractivity contribution >= 4 is 24.0 Å². The van der Waals surface area contributed by atoms with Crippen LogP contribution in [0.3, 0.4) is 0 Å². The Balaban J connectivity index is 0.00000242. The van der Waals surface area contributed by atoms with Crippen molar-refractivity contribution in [3.05, 3.63) is 30.1 Å². The van der Waals surface area contributed by atoms with Crippen molar-refractivity contribution in [1.29, 1.82) is 0 Å². The first kappa shape index (κ1) is 18.9. The monoisotopic (exact) mass is 329 g/mol. The Morgan fingerprint density at radius 1 is 1.36 bits per heavy atom. The second kappa shape index (κ2) is 9.77. The van der Waals surface area contributed by atoms with E-state index in [1.165, 1.54) is 25.0 Å². The molecular formula is C16H25ClFN3O. The summed E-state index contributed by atoms with van der Waals surface area (Å²) in [7, 11) is 1.99. The van der Waals surface area contributed by atoms with E-state index in [0.717, 1.165) is 32.1 Å². The van der Waals surface area contributed by atoms with E-state index >= 15 is 0 Å². The molecule has 0 aromatic heterocycles. The molecule has 0 atom stereocenters. The summed E-state index contributed by atoms with van der Waals surface area (Å²) in [4.78, 5) is 14.2. The molecule has 0 radical (unpaired) electrons. The molecule has 0 aliphatic carbocycles. The minimum atomic E-state index is -0.334. The van der Waals surface area contributed by atoms with Crippen LogP contribution < -0.4 is 10.6 Å². The zero-order valence-corrected chi connectivity index (χ0v) is 13.8. The normalized spacial score (nSPS) is 16.1. The Kier molecular flexibility index (Phi) is 8.38. The SMILES string of the molecule is CNCC1CCN(CCC(=O)Nc2cccc(F)c2)CC1.Cl. The largest absolute Gasteiger partial charge is 0.326 e. The lowest BCUT2D eigenvalue weighted by atomic mass is 9.97. The topological polar surface area (TPSA) is 44.4 Å². The van der Waals surface area contributed by atoms with E-state index in [1.54, 1.807) is 12.1 Å². The van der Waals surface area contributed by atoms with Crippen LogP contribution in [0.15, 0.2) is 24.3 Å². The molecule has 0 saturated carbocycles. The molecule has 1 saturated heterocycles. The molecule has 1 aliphatic heterocycles. The van der Waals surface area contributed by atoms with Crippen molar-refractivity contribution in [3.8, 4) is 0 Å². The summed E-state index contributed by atoms with van der Waals surface area (Å²) in [6.07, 6.45) is 2.83. The molecule has 1 aromatic carbocycles. The number of carbonyl (C=O) groups excluding carboxylic acids is 1. The minimum absolute atomic E-state index is 0. The summed E-state index contributed by atoms with van der Waals surface area (Å²) in [6, 6.07) is 5.99. The van der Waals surface area contributed by atoms with Gasteiger partial charge in [0.25, 0.3) is 0 Å². The summed E-state index contributed by atoms with van der Waals surface area (Å²) >= 11 is 0. The molecule has 0 spiro atoms. The van der Waals surface area contributed by atoms with Gasteiger partial charge in [0.05, 0.1) is 0 Å². The highest BCUT2D eigenvalue weighted by Crippen LogP contribution is 2.16. The highest BCUT2D eigenvalue weighted by molar-refractivity contribution is 5.90. The van der Waals surface area contributed by atoms with Crippen LogP contribution in [-0.2, 0) is 4.79 Å². The Morgan fingerprint density at radius 3 is 2.73 bits per heavy atom. The number of halogens is 2. The van der Waals surface area contributed by atoms with E-state index in [4.69, 9.17) is 0 Å². The summed E-state index contributed by atoms with van der Waals surface area (Å²) in [5.41, 5.74) is 0.521. The zero-order chi connectivity index (χ0) is 15.1. The van der Waals surface area contributed by atoms with Crippen LogP contribution in [0.1, 0.15) is 19.3 Å². The van der Waals surface area contributed by atoms with E-state index in [2.05, 4.69) is 15.5 Å². The quantitative estimate of drug-likeness (QED) is 0.843. The molecule has 2 N–H and O–H groups in total. The van der Waals surface area contributed by atoms with E-state index in [0.29, 0.717) is 12.1 Å².